The van der Waals surface area contributed by atoms with E-state index in [0.29, 0.717) is 19.5 Å². The summed E-state index contributed by atoms with van der Waals surface area (Å²) in [5.74, 6) is -0.954. The second kappa shape index (κ2) is 16.7. The largest absolute Gasteiger partial charge is 0.481 e. The lowest BCUT2D eigenvalue weighted by Crippen LogP contribution is -2.48. The monoisotopic (exact) mass is 410 g/mol. The molecule has 1 aliphatic heterocycles. The SMILES string of the molecule is CCCCCCCCCCCCCCCCCCC(O)(CC(=O)O)N1C=NCC1. The molecule has 5 heteroatoms. The smallest absolute Gasteiger partial charge is 0.308 e. The summed E-state index contributed by atoms with van der Waals surface area (Å²) in [5, 5.41) is 19.9. The molecule has 0 saturated heterocycles. The summed E-state index contributed by atoms with van der Waals surface area (Å²) < 4.78 is 0. The van der Waals surface area contributed by atoms with E-state index in [2.05, 4.69) is 11.9 Å². The van der Waals surface area contributed by atoms with Gasteiger partial charge in [-0.25, -0.2) is 0 Å². The van der Waals surface area contributed by atoms with E-state index in [9.17, 15) is 9.90 Å². The molecule has 1 aliphatic rings. The molecule has 0 spiro atoms. The second-order valence-electron chi connectivity index (χ2n) is 8.82. The van der Waals surface area contributed by atoms with Crippen LogP contribution in [0.1, 0.15) is 122 Å². The summed E-state index contributed by atoms with van der Waals surface area (Å²) >= 11 is 0. The van der Waals surface area contributed by atoms with Crippen molar-refractivity contribution < 1.29 is 15.0 Å². The lowest BCUT2D eigenvalue weighted by molar-refractivity contribution is -0.150. The van der Waals surface area contributed by atoms with Crippen molar-refractivity contribution in [1.29, 1.82) is 0 Å². The van der Waals surface area contributed by atoms with Crippen molar-refractivity contribution in [3.05, 3.63) is 0 Å². The van der Waals surface area contributed by atoms with Gasteiger partial charge in [-0.15, -0.1) is 0 Å². The van der Waals surface area contributed by atoms with Crippen LogP contribution in [0.15, 0.2) is 4.99 Å². The van der Waals surface area contributed by atoms with Crippen LogP contribution in [0.2, 0.25) is 0 Å². The van der Waals surface area contributed by atoms with E-state index in [-0.39, 0.29) is 6.42 Å². The lowest BCUT2D eigenvalue weighted by atomic mass is 9.98. The van der Waals surface area contributed by atoms with Gasteiger partial charge in [-0.3, -0.25) is 9.79 Å². The highest BCUT2D eigenvalue weighted by atomic mass is 16.4. The van der Waals surface area contributed by atoms with Gasteiger partial charge in [-0.2, -0.15) is 0 Å². The zero-order chi connectivity index (χ0) is 21.2. The van der Waals surface area contributed by atoms with Crippen LogP contribution in [0.4, 0.5) is 0 Å². The van der Waals surface area contributed by atoms with Gasteiger partial charge in [0.1, 0.15) is 5.72 Å². The highest BCUT2D eigenvalue weighted by Crippen LogP contribution is 2.25. The van der Waals surface area contributed by atoms with Gasteiger partial charge >= 0.3 is 5.97 Å². The molecule has 0 saturated carbocycles. The quantitative estimate of drug-likeness (QED) is 0.236. The Morgan fingerprint density at radius 3 is 1.69 bits per heavy atom. The van der Waals surface area contributed by atoms with E-state index >= 15 is 0 Å². The number of carbonyl (C=O) groups is 1. The van der Waals surface area contributed by atoms with Crippen LogP contribution in [0, 0.1) is 0 Å². The minimum Gasteiger partial charge on any atom is -0.481 e. The molecule has 0 aromatic heterocycles. The number of carboxylic acids is 1. The van der Waals surface area contributed by atoms with Crippen LogP contribution in [0.3, 0.4) is 0 Å². The average molecular weight is 411 g/mol. The Labute approximate surface area is 179 Å². The first-order chi connectivity index (χ1) is 14.1. The zero-order valence-electron chi connectivity index (χ0n) is 18.9. The molecule has 29 heavy (non-hydrogen) atoms. The third-order valence-corrected chi connectivity index (χ3v) is 6.09. The summed E-state index contributed by atoms with van der Waals surface area (Å²) in [6.07, 6.45) is 22.8. The Morgan fingerprint density at radius 2 is 1.31 bits per heavy atom. The molecule has 0 bridgehead atoms. The van der Waals surface area contributed by atoms with Crippen molar-refractivity contribution in [3.63, 3.8) is 0 Å². The summed E-state index contributed by atoms with van der Waals surface area (Å²) in [6.45, 7) is 3.52. The predicted octanol–water partition coefficient (Wildman–Crippen LogP) is 6.15. The van der Waals surface area contributed by atoms with Gasteiger partial charge < -0.3 is 15.1 Å². The van der Waals surface area contributed by atoms with Gasteiger partial charge in [0.25, 0.3) is 0 Å². The standard InChI is InChI=1S/C24H46N2O3/c1-2-3-4-5-6-7-8-9-10-11-12-13-14-15-16-17-18-24(29,21-23(27)28)26-20-19-25-22-26/h22,29H,2-21H2,1H3,(H,27,28). The van der Waals surface area contributed by atoms with E-state index in [1.807, 2.05) is 0 Å². The minimum absolute atomic E-state index is 0.238. The third kappa shape index (κ3) is 12.9. The fourth-order valence-corrected chi connectivity index (χ4v) is 4.23. The molecular formula is C24H46N2O3. The van der Waals surface area contributed by atoms with E-state index in [4.69, 9.17) is 5.11 Å². The first-order valence-electron chi connectivity index (χ1n) is 12.3. The number of hydrogen-bond donors (Lipinski definition) is 2. The van der Waals surface area contributed by atoms with Crippen LogP contribution in [0.25, 0.3) is 0 Å². The number of unbranched alkanes of at least 4 members (excludes halogenated alkanes) is 15. The van der Waals surface area contributed by atoms with Crippen LogP contribution >= 0.6 is 0 Å². The van der Waals surface area contributed by atoms with Crippen LogP contribution < -0.4 is 0 Å². The third-order valence-electron chi connectivity index (χ3n) is 6.09. The molecule has 0 aliphatic carbocycles. The van der Waals surface area contributed by atoms with Gasteiger partial charge in [0.05, 0.1) is 19.3 Å². The fraction of sp³-hybridized carbons (Fsp3) is 0.917. The number of hydrogen-bond acceptors (Lipinski definition) is 4. The predicted molar refractivity (Wildman–Crippen MR) is 121 cm³/mol. The number of aliphatic carboxylic acids is 1. The Hall–Kier alpha value is -1.10. The Balaban J connectivity index is 1.92. The van der Waals surface area contributed by atoms with Gasteiger partial charge in [0, 0.05) is 6.54 Å². The molecule has 1 unspecified atom stereocenters. The molecule has 170 valence electrons. The van der Waals surface area contributed by atoms with Crippen molar-refractivity contribution >= 4 is 12.3 Å². The van der Waals surface area contributed by atoms with Gasteiger partial charge in [0.15, 0.2) is 0 Å². The molecule has 5 nitrogen and oxygen atoms in total. The van der Waals surface area contributed by atoms with Gasteiger partial charge in [-0.05, 0) is 12.8 Å². The van der Waals surface area contributed by atoms with E-state index in [0.717, 1.165) is 12.8 Å². The topological polar surface area (TPSA) is 73.1 Å². The number of rotatable bonds is 20. The average Bonchev–Trinajstić information content (AvgIpc) is 3.23. The highest BCUT2D eigenvalue weighted by Gasteiger charge is 2.36. The minimum atomic E-state index is -1.28. The first-order valence-corrected chi connectivity index (χ1v) is 12.3. The number of aliphatic imine (C=N–C) groups is 1. The van der Waals surface area contributed by atoms with Gasteiger partial charge in [-0.1, -0.05) is 103 Å². The zero-order valence-corrected chi connectivity index (χ0v) is 18.9. The fourth-order valence-electron chi connectivity index (χ4n) is 4.23. The molecule has 0 radical (unpaired) electrons. The second-order valence-corrected chi connectivity index (χ2v) is 8.82. The molecule has 1 atom stereocenters. The summed E-state index contributed by atoms with van der Waals surface area (Å²) in [6, 6.07) is 0. The summed E-state index contributed by atoms with van der Waals surface area (Å²) in [7, 11) is 0. The van der Waals surface area contributed by atoms with Crippen LogP contribution in [0.5, 0.6) is 0 Å². The number of nitrogens with zero attached hydrogens (tertiary/aromatic N) is 2. The highest BCUT2D eigenvalue weighted by molar-refractivity contribution is 5.69. The Kier molecular flexibility index (Phi) is 14.9. The normalized spacial score (nSPS) is 15.7. The molecule has 1 rings (SSSR count). The van der Waals surface area contributed by atoms with Crippen molar-refractivity contribution in [2.45, 2.75) is 128 Å². The molecule has 2 N–H and O–H groups in total. The Morgan fingerprint density at radius 1 is 0.862 bits per heavy atom. The molecule has 0 fully saturated rings. The maximum Gasteiger partial charge on any atom is 0.308 e. The molecule has 0 amide bonds. The van der Waals surface area contributed by atoms with Crippen molar-refractivity contribution in [1.82, 2.24) is 4.90 Å². The maximum absolute atomic E-state index is 11.1. The number of carboxylic acid groups (broad SMARTS) is 1. The van der Waals surface area contributed by atoms with E-state index in [1.165, 1.54) is 89.9 Å². The summed E-state index contributed by atoms with van der Waals surface area (Å²) in [5.41, 5.74) is -1.28. The van der Waals surface area contributed by atoms with E-state index < -0.39 is 11.7 Å². The van der Waals surface area contributed by atoms with Crippen LogP contribution in [-0.2, 0) is 4.79 Å². The molecule has 0 aromatic carbocycles. The van der Waals surface area contributed by atoms with Crippen molar-refractivity contribution in [3.8, 4) is 0 Å². The molecular weight excluding hydrogens is 364 g/mol. The molecule has 1 heterocycles. The Bertz CT molecular complexity index is 442. The molecule has 0 aromatic rings. The van der Waals surface area contributed by atoms with Gasteiger partial charge in [0.2, 0.25) is 0 Å². The maximum atomic E-state index is 11.1. The van der Waals surface area contributed by atoms with E-state index in [1.54, 1.807) is 11.2 Å². The summed E-state index contributed by atoms with van der Waals surface area (Å²) in [4.78, 5) is 16.9. The lowest BCUT2D eigenvalue weighted by Gasteiger charge is -2.35. The van der Waals surface area contributed by atoms with Crippen LogP contribution in [-0.4, -0.2) is 46.2 Å². The van der Waals surface area contributed by atoms with Crippen molar-refractivity contribution in [2.24, 2.45) is 4.99 Å². The first kappa shape index (κ1) is 25.9. The number of aliphatic hydroxyl groups is 1. The van der Waals surface area contributed by atoms with Crippen molar-refractivity contribution in [2.75, 3.05) is 13.1 Å².